The smallest absolute Gasteiger partial charge is 0.462 e. The second-order valence-corrected chi connectivity index (χ2v) is 17.7. The Hall–Kier alpha value is -1.73. The normalized spacial score (nSPS) is 14.2. The number of aliphatic hydroxyl groups excluding tert-OH is 1. The van der Waals surface area contributed by atoms with E-state index >= 15 is 0 Å². The molecule has 0 aliphatic heterocycles. The molecule has 340 valence electrons. The predicted molar refractivity (Wildman–Crippen MR) is 226 cm³/mol. The van der Waals surface area contributed by atoms with Gasteiger partial charge in [0.25, 0.3) is 0 Å². The highest BCUT2D eigenvalue weighted by Crippen LogP contribution is 2.43. The number of phosphoric ester groups is 2. The molecule has 0 heterocycles. The Labute approximate surface area is 349 Å². The van der Waals surface area contributed by atoms with Crippen molar-refractivity contribution < 1.29 is 66.3 Å². The van der Waals surface area contributed by atoms with Crippen molar-refractivity contribution in [3.63, 3.8) is 0 Å². The summed E-state index contributed by atoms with van der Waals surface area (Å²) in [7, 11) is -9.69. The molecule has 0 saturated carbocycles. The minimum Gasteiger partial charge on any atom is -0.462 e. The van der Waals surface area contributed by atoms with Gasteiger partial charge in [-0.3, -0.25) is 28.0 Å². The van der Waals surface area contributed by atoms with Crippen LogP contribution in [-0.4, -0.2) is 76.1 Å². The maximum atomic E-state index is 12.6. The Morgan fingerprint density at radius 3 is 1.53 bits per heavy atom. The largest absolute Gasteiger partial charge is 0.472 e. The zero-order chi connectivity index (χ0) is 43.2. The highest BCUT2D eigenvalue weighted by molar-refractivity contribution is 7.47. The lowest BCUT2D eigenvalue weighted by Crippen LogP contribution is -2.30. The molecule has 3 atom stereocenters. The number of hydrogen-bond acceptors (Lipinski definition) is 11. The van der Waals surface area contributed by atoms with Crippen molar-refractivity contribution >= 4 is 33.4 Å². The van der Waals surface area contributed by atoms with E-state index in [9.17, 15) is 33.5 Å². The lowest BCUT2D eigenvalue weighted by atomic mass is 10.0. The van der Waals surface area contributed by atoms with Crippen LogP contribution >= 0.6 is 15.6 Å². The molecular weight excluding hydrogens is 790 g/mol. The number of unbranched alkanes of at least 4 members (excludes halogenated alkanes) is 21. The summed E-state index contributed by atoms with van der Waals surface area (Å²) in [5.74, 6) is -0.939. The van der Waals surface area contributed by atoms with Crippen molar-refractivity contribution in [3.8, 4) is 0 Å². The molecule has 0 aromatic carbocycles. The molecule has 58 heavy (non-hydrogen) atoms. The summed E-state index contributed by atoms with van der Waals surface area (Å²) in [5, 5.41) is 9.74. The van der Waals surface area contributed by atoms with Crippen molar-refractivity contribution in [2.45, 2.75) is 199 Å². The third-order valence-electron chi connectivity index (χ3n) is 9.31. The molecule has 0 saturated heterocycles. The van der Waals surface area contributed by atoms with E-state index in [0.29, 0.717) is 19.3 Å². The van der Waals surface area contributed by atoms with Crippen LogP contribution in [0.1, 0.15) is 187 Å². The van der Waals surface area contributed by atoms with E-state index < -0.39 is 66.2 Å². The number of carbonyl (C=O) groups is 3. The highest BCUT2D eigenvalue weighted by Gasteiger charge is 2.28. The van der Waals surface area contributed by atoms with Crippen LogP contribution in [0.25, 0.3) is 0 Å². The molecule has 16 heteroatoms. The molecule has 14 nitrogen and oxygen atoms in total. The van der Waals surface area contributed by atoms with Gasteiger partial charge in [-0.15, -0.1) is 0 Å². The lowest BCUT2D eigenvalue weighted by Gasteiger charge is -2.20. The molecule has 0 rings (SSSR count). The Bertz CT molecular complexity index is 1190. The molecule has 4 N–H and O–H groups in total. The van der Waals surface area contributed by atoms with Gasteiger partial charge in [-0.05, 0) is 38.2 Å². The fourth-order valence-corrected chi connectivity index (χ4v) is 7.07. The van der Waals surface area contributed by atoms with E-state index in [2.05, 4.69) is 22.9 Å². The predicted octanol–water partition coefficient (Wildman–Crippen LogP) is 10.3. The average molecular weight is 869 g/mol. The van der Waals surface area contributed by atoms with E-state index in [1.165, 1.54) is 70.6 Å². The molecule has 0 amide bonds. The SMILES string of the molecule is CCCCCCCCCCCCCCCCCC(=O)OC[C@H](COP(=O)(O)OC[C@@H](O)COP(=O)(O)O)OC(=O)CCCCCCC/C=C\C=C\C(=O)CCCCC. The Morgan fingerprint density at radius 2 is 0.983 bits per heavy atom. The van der Waals surface area contributed by atoms with Crippen LogP contribution in [0, 0.1) is 0 Å². The molecule has 0 radical (unpaired) electrons. The van der Waals surface area contributed by atoms with Crippen molar-refractivity contribution in [1.29, 1.82) is 0 Å². The van der Waals surface area contributed by atoms with Gasteiger partial charge in [-0.1, -0.05) is 154 Å². The molecule has 0 fully saturated rings. The quantitative estimate of drug-likeness (QED) is 0.0148. The Balaban J connectivity index is 4.56. The third kappa shape index (κ3) is 41.0. The van der Waals surface area contributed by atoms with Crippen LogP contribution < -0.4 is 0 Å². The van der Waals surface area contributed by atoms with Crippen molar-refractivity contribution in [3.05, 3.63) is 24.3 Å². The number of rotatable bonds is 42. The molecule has 1 unspecified atom stereocenters. The first-order valence-electron chi connectivity index (χ1n) is 22.0. The first-order valence-corrected chi connectivity index (χ1v) is 25.0. The number of ketones is 1. The van der Waals surface area contributed by atoms with E-state index in [-0.39, 0.29) is 18.6 Å². The van der Waals surface area contributed by atoms with Crippen LogP contribution in [-0.2, 0) is 46.6 Å². The van der Waals surface area contributed by atoms with Crippen molar-refractivity contribution in [1.82, 2.24) is 0 Å². The van der Waals surface area contributed by atoms with Gasteiger partial charge in [0, 0.05) is 19.3 Å². The lowest BCUT2D eigenvalue weighted by molar-refractivity contribution is -0.161. The highest BCUT2D eigenvalue weighted by atomic mass is 31.2. The van der Waals surface area contributed by atoms with Crippen molar-refractivity contribution in [2.24, 2.45) is 0 Å². The van der Waals surface area contributed by atoms with Gasteiger partial charge in [0.2, 0.25) is 0 Å². The minimum atomic E-state index is -4.87. The third-order valence-corrected chi connectivity index (χ3v) is 10.7. The number of aliphatic hydroxyl groups is 1. The summed E-state index contributed by atoms with van der Waals surface area (Å²) in [5.41, 5.74) is 0. The van der Waals surface area contributed by atoms with Crippen LogP contribution in [0.5, 0.6) is 0 Å². The Kier molecular flexibility index (Phi) is 37.1. The molecule has 0 aromatic heterocycles. The van der Waals surface area contributed by atoms with E-state index in [4.69, 9.17) is 23.8 Å². The first kappa shape index (κ1) is 56.3. The number of ether oxygens (including phenoxy) is 2. The second kappa shape index (κ2) is 38.2. The summed E-state index contributed by atoms with van der Waals surface area (Å²) >= 11 is 0. The molecular formula is C42H78O14P2. The number of allylic oxidation sites excluding steroid dienone is 4. The molecule has 0 aliphatic rings. The monoisotopic (exact) mass is 868 g/mol. The topological polar surface area (TPSA) is 212 Å². The van der Waals surface area contributed by atoms with Crippen LogP contribution in [0.2, 0.25) is 0 Å². The summed E-state index contributed by atoms with van der Waals surface area (Å²) in [6.45, 7) is 1.57. The fourth-order valence-electron chi connectivity index (χ4n) is 5.92. The van der Waals surface area contributed by atoms with Crippen LogP contribution in [0.4, 0.5) is 0 Å². The Morgan fingerprint density at radius 1 is 0.534 bits per heavy atom. The molecule has 0 spiro atoms. The summed E-state index contributed by atoms with van der Waals surface area (Å²) in [6, 6.07) is 0. The zero-order valence-corrected chi connectivity index (χ0v) is 37.4. The van der Waals surface area contributed by atoms with Gasteiger partial charge < -0.3 is 29.3 Å². The minimum absolute atomic E-state index is 0.0829. The number of phosphoric acid groups is 2. The van der Waals surface area contributed by atoms with Gasteiger partial charge in [-0.25, -0.2) is 9.13 Å². The number of esters is 2. The number of hydrogen-bond donors (Lipinski definition) is 4. The number of carbonyl (C=O) groups excluding carboxylic acids is 3. The van der Waals surface area contributed by atoms with Crippen LogP contribution in [0.15, 0.2) is 24.3 Å². The standard InChI is InChI=1S/C42H78O14P2/c1-3-5-7-8-9-10-11-12-13-14-15-18-21-24-28-32-41(45)52-36-40(37-55-58(50,51)54-35-39(44)34-53-57(47,48)49)56-42(46)33-29-25-22-19-16-17-20-23-27-31-38(43)30-26-6-4-2/h20,23,27,31,39-40,44H,3-19,21-22,24-26,28-30,32-37H2,1-2H3,(H,50,51)(H2,47,48,49)/b23-20-,31-27+/t39-,40+/m0/s1. The maximum Gasteiger partial charge on any atom is 0.472 e. The van der Waals surface area contributed by atoms with Gasteiger partial charge in [0.15, 0.2) is 11.9 Å². The van der Waals surface area contributed by atoms with Gasteiger partial charge in [-0.2, -0.15) is 0 Å². The molecule has 0 aromatic rings. The van der Waals surface area contributed by atoms with Gasteiger partial charge in [0.05, 0.1) is 19.8 Å². The zero-order valence-electron chi connectivity index (χ0n) is 35.7. The maximum absolute atomic E-state index is 12.6. The van der Waals surface area contributed by atoms with Crippen LogP contribution in [0.3, 0.4) is 0 Å². The summed E-state index contributed by atoms with van der Waals surface area (Å²) in [4.78, 5) is 64.4. The van der Waals surface area contributed by atoms with Crippen molar-refractivity contribution in [2.75, 3.05) is 26.4 Å². The summed E-state index contributed by atoms with van der Waals surface area (Å²) < 4.78 is 47.7. The fraction of sp³-hybridized carbons (Fsp3) is 0.833. The van der Waals surface area contributed by atoms with E-state index in [1.807, 2.05) is 12.2 Å². The molecule has 0 bridgehead atoms. The van der Waals surface area contributed by atoms with Gasteiger partial charge in [0.1, 0.15) is 12.7 Å². The van der Waals surface area contributed by atoms with E-state index in [1.54, 1.807) is 12.2 Å². The van der Waals surface area contributed by atoms with E-state index in [0.717, 1.165) is 70.6 Å². The second-order valence-electron chi connectivity index (χ2n) is 15.0. The van der Waals surface area contributed by atoms with Gasteiger partial charge >= 0.3 is 27.6 Å². The average Bonchev–Trinajstić information content (AvgIpc) is 3.17. The molecule has 0 aliphatic carbocycles. The summed E-state index contributed by atoms with van der Waals surface area (Å²) in [6.07, 6.45) is 31.5. The first-order chi connectivity index (χ1) is 27.8.